The second kappa shape index (κ2) is 4.49. The molecular formula is C8H14O3. The Morgan fingerprint density at radius 1 is 1.55 bits per heavy atom. The molecule has 0 spiro atoms. The van der Waals surface area contributed by atoms with Crippen molar-refractivity contribution < 1.29 is 14.2 Å². The molecule has 0 bridgehead atoms. The van der Waals surface area contributed by atoms with E-state index in [1.807, 2.05) is 13.0 Å². The first-order valence-corrected chi connectivity index (χ1v) is 3.73. The van der Waals surface area contributed by atoms with Crippen LogP contribution in [0.4, 0.5) is 0 Å². The molecule has 1 aliphatic rings. The highest BCUT2D eigenvalue weighted by Gasteiger charge is 2.16. The van der Waals surface area contributed by atoms with Crippen molar-refractivity contribution >= 4 is 0 Å². The van der Waals surface area contributed by atoms with Crippen LogP contribution in [0, 0.1) is 0 Å². The summed E-state index contributed by atoms with van der Waals surface area (Å²) in [6, 6.07) is 0. The molecule has 1 fully saturated rings. The van der Waals surface area contributed by atoms with Crippen molar-refractivity contribution in [2.24, 2.45) is 0 Å². The van der Waals surface area contributed by atoms with E-state index in [0.717, 1.165) is 5.57 Å². The van der Waals surface area contributed by atoms with E-state index in [9.17, 15) is 0 Å². The molecule has 11 heavy (non-hydrogen) atoms. The van der Waals surface area contributed by atoms with Gasteiger partial charge in [-0.25, -0.2) is 0 Å². The number of methoxy groups -OCH3 is 1. The van der Waals surface area contributed by atoms with Crippen LogP contribution in [0.2, 0.25) is 0 Å². The van der Waals surface area contributed by atoms with Gasteiger partial charge in [0.05, 0.1) is 19.8 Å². The fourth-order valence-corrected chi connectivity index (χ4v) is 0.932. The number of hydrogen-bond acceptors (Lipinski definition) is 3. The lowest BCUT2D eigenvalue weighted by molar-refractivity contribution is -0.0115. The SMILES string of the molecule is COCC=C(C)C1OCCO1. The summed E-state index contributed by atoms with van der Waals surface area (Å²) < 4.78 is 15.4. The number of ether oxygens (including phenoxy) is 3. The topological polar surface area (TPSA) is 27.7 Å². The molecule has 3 heteroatoms. The molecule has 0 aliphatic carbocycles. The highest BCUT2D eigenvalue weighted by Crippen LogP contribution is 2.12. The maximum atomic E-state index is 5.27. The van der Waals surface area contributed by atoms with E-state index in [0.29, 0.717) is 19.8 Å². The molecule has 0 atom stereocenters. The van der Waals surface area contributed by atoms with Crippen molar-refractivity contribution in [2.45, 2.75) is 13.2 Å². The van der Waals surface area contributed by atoms with Gasteiger partial charge in [0.25, 0.3) is 0 Å². The molecule has 0 N–H and O–H groups in total. The second-order valence-electron chi connectivity index (χ2n) is 2.48. The molecule has 0 unspecified atom stereocenters. The van der Waals surface area contributed by atoms with Gasteiger partial charge in [-0.3, -0.25) is 0 Å². The van der Waals surface area contributed by atoms with E-state index < -0.39 is 0 Å². The molecule has 0 aromatic rings. The Kier molecular flexibility index (Phi) is 3.56. The Bertz CT molecular complexity index is 136. The van der Waals surface area contributed by atoms with Gasteiger partial charge in [0.2, 0.25) is 0 Å². The van der Waals surface area contributed by atoms with Crippen LogP contribution >= 0.6 is 0 Å². The largest absolute Gasteiger partial charge is 0.381 e. The van der Waals surface area contributed by atoms with Crippen LogP contribution in [0.3, 0.4) is 0 Å². The zero-order valence-corrected chi connectivity index (χ0v) is 7.00. The van der Waals surface area contributed by atoms with Gasteiger partial charge >= 0.3 is 0 Å². The molecule has 1 aliphatic heterocycles. The summed E-state index contributed by atoms with van der Waals surface area (Å²) in [5.74, 6) is 0. The predicted molar refractivity (Wildman–Crippen MR) is 41.3 cm³/mol. The van der Waals surface area contributed by atoms with Gasteiger partial charge in [0.1, 0.15) is 0 Å². The average Bonchev–Trinajstić information content (AvgIpc) is 2.52. The summed E-state index contributed by atoms with van der Waals surface area (Å²) in [6.07, 6.45) is 1.83. The van der Waals surface area contributed by atoms with Gasteiger partial charge < -0.3 is 14.2 Å². The molecule has 1 rings (SSSR count). The summed E-state index contributed by atoms with van der Waals surface area (Å²) >= 11 is 0. The molecule has 0 saturated carbocycles. The van der Waals surface area contributed by atoms with Gasteiger partial charge in [-0.1, -0.05) is 6.08 Å². The summed E-state index contributed by atoms with van der Waals surface area (Å²) in [4.78, 5) is 0. The monoisotopic (exact) mass is 158 g/mol. The molecule has 0 aromatic carbocycles. The minimum absolute atomic E-state index is 0.134. The summed E-state index contributed by atoms with van der Waals surface area (Å²) in [5, 5.41) is 0. The van der Waals surface area contributed by atoms with Gasteiger partial charge in [0.15, 0.2) is 6.29 Å². The van der Waals surface area contributed by atoms with Gasteiger partial charge in [-0.05, 0) is 12.5 Å². The van der Waals surface area contributed by atoms with Gasteiger partial charge in [-0.2, -0.15) is 0 Å². The van der Waals surface area contributed by atoms with Crippen LogP contribution in [0.25, 0.3) is 0 Å². The lowest BCUT2D eigenvalue weighted by Gasteiger charge is -2.08. The third-order valence-corrected chi connectivity index (χ3v) is 1.57. The molecule has 64 valence electrons. The Morgan fingerprint density at radius 3 is 2.73 bits per heavy atom. The standard InChI is InChI=1S/C8H14O3/c1-7(3-4-9-2)8-10-5-6-11-8/h3,8H,4-6H2,1-2H3. The predicted octanol–water partition coefficient (Wildman–Crippen LogP) is 0.952. The third-order valence-electron chi connectivity index (χ3n) is 1.57. The van der Waals surface area contributed by atoms with Crippen molar-refractivity contribution in [3.05, 3.63) is 11.6 Å². The normalized spacial score (nSPS) is 21.1. The number of hydrogen-bond donors (Lipinski definition) is 0. The average molecular weight is 158 g/mol. The van der Waals surface area contributed by atoms with E-state index in [4.69, 9.17) is 14.2 Å². The quantitative estimate of drug-likeness (QED) is 0.572. The van der Waals surface area contributed by atoms with Crippen molar-refractivity contribution in [1.82, 2.24) is 0 Å². The first-order chi connectivity index (χ1) is 5.34. The molecule has 1 saturated heterocycles. The van der Waals surface area contributed by atoms with Crippen molar-refractivity contribution in [3.63, 3.8) is 0 Å². The summed E-state index contributed by atoms with van der Waals surface area (Å²) in [5.41, 5.74) is 1.09. The number of rotatable bonds is 3. The van der Waals surface area contributed by atoms with Crippen LogP contribution in [-0.2, 0) is 14.2 Å². The summed E-state index contributed by atoms with van der Waals surface area (Å²) in [7, 11) is 1.67. The highest BCUT2D eigenvalue weighted by molar-refractivity contribution is 5.02. The minimum Gasteiger partial charge on any atom is -0.381 e. The molecule has 3 nitrogen and oxygen atoms in total. The van der Waals surface area contributed by atoms with Gasteiger partial charge in [0, 0.05) is 7.11 Å². The Morgan fingerprint density at radius 2 is 2.18 bits per heavy atom. The summed E-state index contributed by atoms with van der Waals surface area (Å²) in [6.45, 7) is 4.00. The van der Waals surface area contributed by atoms with Crippen LogP contribution in [0.1, 0.15) is 6.92 Å². The van der Waals surface area contributed by atoms with E-state index in [1.165, 1.54) is 0 Å². The minimum atomic E-state index is -0.134. The first-order valence-electron chi connectivity index (χ1n) is 3.73. The smallest absolute Gasteiger partial charge is 0.179 e. The van der Waals surface area contributed by atoms with Crippen LogP contribution < -0.4 is 0 Å². The van der Waals surface area contributed by atoms with Crippen LogP contribution in [-0.4, -0.2) is 33.2 Å². The first kappa shape index (κ1) is 8.71. The van der Waals surface area contributed by atoms with E-state index >= 15 is 0 Å². The van der Waals surface area contributed by atoms with Crippen molar-refractivity contribution in [3.8, 4) is 0 Å². The molecular weight excluding hydrogens is 144 g/mol. The second-order valence-corrected chi connectivity index (χ2v) is 2.48. The Balaban J connectivity index is 2.32. The third kappa shape index (κ3) is 2.61. The maximum Gasteiger partial charge on any atom is 0.179 e. The van der Waals surface area contributed by atoms with E-state index in [2.05, 4.69) is 0 Å². The van der Waals surface area contributed by atoms with Crippen molar-refractivity contribution in [2.75, 3.05) is 26.9 Å². The zero-order valence-electron chi connectivity index (χ0n) is 7.00. The molecule has 0 aromatic heterocycles. The Hall–Kier alpha value is -0.380. The van der Waals surface area contributed by atoms with Crippen molar-refractivity contribution in [1.29, 1.82) is 0 Å². The lowest BCUT2D eigenvalue weighted by Crippen LogP contribution is -2.09. The lowest BCUT2D eigenvalue weighted by atomic mass is 10.3. The molecule has 0 radical (unpaired) electrons. The van der Waals surface area contributed by atoms with E-state index in [-0.39, 0.29) is 6.29 Å². The fourth-order valence-electron chi connectivity index (χ4n) is 0.932. The Labute approximate surface area is 66.9 Å². The van der Waals surface area contributed by atoms with Crippen LogP contribution in [0.15, 0.2) is 11.6 Å². The molecule has 1 heterocycles. The zero-order chi connectivity index (χ0) is 8.10. The van der Waals surface area contributed by atoms with Gasteiger partial charge in [-0.15, -0.1) is 0 Å². The van der Waals surface area contributed by atoms with Crippen LogP contribution in [0.5, 0.6) is 0 Å². The molecule has 0 amide bonds. The highest BCUT2D eigenvalue weighted by atomic mass is 16.7. The van der Waals surface area contributed by atoms with E-state index in [1.54, 1.807) is 7.11 Å². The maximum absolute atomic E-state index is 5.27. The fraction of sp³-hybridized carbons (Fsp3) is 0.750.